The van der Waals surface area contributed by atoms with E-state index in [1.54, 1.807) is 7.11 Å². The zero-order valence-electron chi connectivity index (χ0n) is 21.0. The molecule has 0 bridgehead atoms. The monoisotopic (exact) mass is 494 g/mol. The lowest BCUT2D eigenvalue weighted by molar-refractivity contribution is -0.120. The zero-order valence-corrected chi connectivity index (χ0v) is 21.8. The molecule has 2 fully saturated rings. The van der Waals surface area contributed by atoms with Crippen molar-refractivity contribution in [3.63, 3.8) is 0 Å². The van der Waals surface area contributed by atoms with Crippen molar-refractivity contribution >= 4 is 23.2 Å². The number of ether oxygens (including phenoxy) is 1. The molecule has 6 nitrogen and oxygen atoms in total. The molecule has 0 aromatic heterocycles. The third-order valence-electron chi connectivity index (χ3n) is 7.41. The molecule has 2 N–H and O–H groups in total. The van der Waals surface area contributed by atoms with Gasteiger partial charge in [-0.05, 0) is 55.2 Å². The van der Waals surface area contributed by atoms with Crippen LogP contribution in [-0.4, -0.2) is 59.6 Å². The zero-order chi connectivity index (χ0) is 24.7. The maximum atomic E-state index is 12.4. The summed E-state index contributed by atoms with van der Waals surface area (Å²) in [4.78, 5) is 17.4. The van der Waals surface area contributed by atoms with Crippen molar-refractivity contribution in [3.05, 3.63) is 65.2 Å². The van der Waals surface area contributed by atoms with Crippen LogP contribution in [0.15, 0.2) is 48.5 Å². The van der Waals surface area contributed by atoms with Crippen molar-refractivity contribution in [2.24, 2.45) is 0 Å². The number of methoxy groups -OCH3 is 1. The van der Waals surface area contributed by atoms with Crippen LogP contribution in [0.3, 0.4) is 0 Å². The molecule has 1 heterocycles. The highest BCUT2D eigenvalue weighted by Gasteiger charge is 2.42. The van der Waals surface area contributed by atoms with Crippen molar-refractivity contribution in [2.75, 3.05) is 33.3 Å². The molecule has 2 aromatic rings. The summed E-state index contributed by atoms with van der Waals surface area (Å²) >= 11 is 5.74. The number of carbonyl (C=O) groups excluding carboxylic acids is 1. The first-order chi connectivity index (χ1) is 17.0. The van der Waals surface area contributed by atoms with Crippen LogP contribution in [0.1, 0.15) is 48.8 Å². The van der Waals surface area contributed by atoms with Gasteiger partial charge in [0.1, 0.15) is 5.75 Å². The molecule has 1 spiro atoms. The van der Waals surface area contributed by atoms with Gasteiger partial charge in [0.25, 0.3) is 0 Å². The molecule has 1 saturated carbocycles. The SMILES string of the molecule is COc1ccc(CNC(=O)CNC(=S)N2CCN(Cc3ccc(C)cc3)C3(CCCCC3)C2)cc1. The fourth-order valence-electron chi connectivity index (χ4n) is 5.31. The quantitative estimate of drug-likeness (QED) is 0.567. The van der Waals surface area contributed by atoms with Crippen LogP contribution in [0.25, 0.3) is 0 Å². The second-order valence-corrected chi connectivity index (χ2v) is 10.3. The van der Waals surface area contributed by atoms with Crippen LogP contribution in [0, 0.1) is 6.92 Å². The molecule has 0 atom stereocenters. The number of nitrogens with one attached hydrogen (secondary N) is 2. The average Bonchev–Trinajstić information content (AvgIpc) is 2.89. The minimum Gasteiger partial charge on any atom is -0.497 e. The Morgan fingerprint density at radius 2 is 1.66 bits per heavy atom. The summed E-state index contributed by atoms with van der Waals surface area (Å²) in [6.45, 7) is 6.59. The number of rotatable bonds is 7. The van der Waals surface area contributed by atoms with E-state index in [4.69, 9.17) is 17.0 Å². The lowest BCUT2D eigenvalue weighted by Crippen LogP contribution is -2.64. The van der Waals surface area contributed by atoms with Gasteiger partial charge in [-0.15, -0.1) is 0 Å². The predicted molar refractivity (Wildman–Crippen MR) is 144 cm³/mol. The fourth-order valence-corrected chi connectivity index (χ4v) is 5.53. The summed E-state index contributed by atoms with van der Waals surface area (Å²) in [6.07, 6.45) is 6.27. The van der Waals surface area contributed by atoms with Gasteiger partial charge >= 0.3 is 0 Å². The molecule has 2 aromatic carbocycles. The molecule has 1 aliphatic carbocycles. The Labute approximate surface area is 215 Å². The number of nitrogens with zero attached hydrogens (tertiary/aromatic N) is 2. The van der Waals surface area contributed by atoms with Gasteiger partial charge < -0.3 is 20.3 Å². The van der Waals surface area contributed by atoms with Crippen LogP contribution in [-0.2, 0) is 17.9 Å². The van der Waals surface area contributed by atoms with Gasteiger partial charge in [0, 0.05) is 38.3 Å². The van der Waals surface area contributed by atoms with Gasteiger partial charge in [-0.2, -0.15) is 0 Å². The molecule has 4 rings (SSSR count). The fraction of sp³-hybridized carbons (Fsp3) is 0.500. The number of aryl methyl sites for hydroxylation is 1. The largest absolute Gasteiger partial charge is 0.497 e. The van der Waals surface area contributed by atoms with Crippen LogP contribution in [0.5, 0.6) is 5.75 Å². The molecule has 2 aliphatic rings. The van der Waals surface area contributed by atoms with Crippen molar-refractivity contribution < 1.29 is 9.53 Å². The van der Waals surface area contributed by atoms with Crippen molar-refractivity contribution in [1.82, 2.24) is 20.4 Å². The van der Waals surface area contributed by atoms with Gasteiger partial charge in [0.15, 0.2) is 5.11 Å². The highest BCUT2D eigenvalue weighted by molar-refractivity contribution is 7.80. The topological polar surface area (TPSA) is 56.8 Å². The summed E-state index contributed by atoms with van der Waals surface area (Å²) in [5.41, 5.74) is 3.87. The Bertz CT molecular complexity index is 987. The van der Waals surface area contributed by atoms with Gasteiger partial charge in [-0.1, -0.05) is 61.2 Å². The Balaban J connectivity index is 1.29. The van der Waals surface area contributed by atoms with E-state index in [-0.39, 0.29) is 18.0 Å². The van der Waals surface area contributed by atoms with E-state index >= 15 is 0 Å². The Morgan fingerprint density at radius 3 is 2.34 bits per heavy atom. The molecule has 1 aliphatic heterocycles. The van der Waals surface area contributed by atoms with Crippen LogP contribution in [0.4, 0.5) is 0 Å². The maximum absolute atomic E-state index is 12.4. The van der Waals surface area contributed by atoms with E-state index in [0.717, 1.165) is 37.5 Å². The summed E-state index contributed by atoms with van der Waals surface area (Å²) in [5.74, 6) is 0.746. The lowest BCUT2D eigenvalue weighted by atomic mass is 9.78. The number of piperazine rings is 1. The van der Waals surface area contributed by atoms with E-state index in [1.807, 2.05) is 24.3 Å². The van der Waals surface area contributed by atoms with Gasteiger partial charge in [-0.3, -0.25) is 9.69 Å². The van der Waals surface area contributed by atoms with Gasteiger partial charge in [-0.25, -0.2) is 0 Å². The smallest absolute Gasteiger partial charge is 0.239 e. The number of carbonyl (C=O) groups is 1. The first-order valence-electron chi connectivity index (χ1n) is 12.7. The molecule has 35 heavy (non-hydrogen) atoms. The average molecular weight is 495 g/mol. The maximum Gasteiger partial charge on any atom is 0.239 e. The van der Waals surface area contributed by atoms with E-state index in [9.17, 15) is 4.79 Å². The summed E-state index contributed by atoms with van der Waals surface area (Å²) < 4.78 is 5.18. The standard InChI is InChI=1S/C28H38N4O2S/c1-22-6-8-24(9-7-22)20-32-17-16-31(21-28(32)14-4-3-5-15-28)27(35)30-19-26(33)29-18-23-10-12-25(34-2)13-11-23/h6-13H,3-5,14-21H2,1-2H3,(H,29,33)(H,30,35). The van der Waals surface area contributed by atoms with Crippen LogP contribution in [0.2, 0.25) is 0 Å². The van der Waals surface area contributed by atoms with Crippen molar-refractivity contribution in [1.29, 1.82) is 0 Å². The van der Waals surface area contributed by atoms with Gasteiger partial charge in [0.2, 0.25) is 5.91 Å². The summed E-state index contributed by atoms with van der Waals surface area (Å²) in [7, 11) is 1.64. The Morgan fingerprint density at radius 1 is 0.971 bits per heavy atom. The third kappa shape index (κ3) is 6.73. The highest BCUT2D eigenvalue weighted by atomic mass is 32.1. The minimum absolute atomic E-state index is 0.0615. The minimum atomic E-state index is -0.0615. The number of thiocarbonyl (C=S) groups is 1. The second-order valence-electron chi connectivity index (χ2n) is 9.90. The molecule has 1 saturated heterocycles. The molecule has 188 valence electrons. The number of benzene rings is 2. The number of hydrogen-bond acceptors (Lipinski definition) is 4. The lowest BCUT2D eigenvalue weighted by Gasteiger charge is -2.53. The van der Waals surface area contributed by atoms with Crippen LogP contribution >= 0.6 is 12.2 Å². The first-order valence-corrected chi connectivity index (χ1v) is 13.1. The molecule has 0 radical (unpaired) electrons. The summed E-state index contributed by atoms with van der Waals surface area (Å²) in [5, 5.41) is 6.85. The van der Waals surface area contributed by atoms with Crippen molar-refractivity contribution in [2.45, 2.75) is 57.7 Å². The van der Waals surface area contributed by atoms with E-state index in [0.29, 0.717) is 11.7 Å². The highest BCUT2D eigenvalue weighted by Crippen LogP contribution is 2.37. The molecule has 0 unspecified atom stereocenters. The predicted octanol–water partition coefficient (Wildman–Crippen LogP) is 4.02. The third-order valence-corrected chi connectivity index (χ3v) is 7.81. The normalized spacial score (nSPS) is 17.7. The van der Waals surface area contributed by atoms with E-state index in [1.165, 1.54) is 43.2 Å². The first kappa shape index (κ1) is 25.5. The molecule has 7 heteroatoms. The molecular weight excluding hydrogens is 456 g/mol. The van der Waals surface area contributed by atoms with Crippen molar-refractivity contribution in [3.8, 4) is 5.75 Å². The summed E-state index contributed by atoms with van der Waals surface area (Å²) in [6, 6.07) is 16.6. The van der Waals surface area contributed by atoms with Gasteiger partial charge in [0.05, 0.1) is 13.7 Å². The number of hydrogen-bond donors (Lipinski definition) is 2. The Kier molecular flexibility index (Phi) is 8.63. The second kappa shape index (κ2) is 11.9. The Hall–Kier alpha value is -2.64. The van der Waals surface area contributed by atoms with Crippen LogP contribution < -0.4 is 15.4 Å². The van der Waals surface area contributed by atoms with E-state index in [2.05, 4.69) is 51.6 Å². The number of amides is 1. The van der Waals surface area contributed by atoms with E-state index < -0.39 is 0 Å². The molecular formula is C28H38N4O2S. The molecule has 1 amide bonds.